The summed E-state index contributed by atoms with van der Waals surface area (Å²) in [6.07, 6.45) is 2.59. The Morgan fingerprint density at radius 1 is 1.59 bits per heavy atom. The van der Waals surface area contributed by atoms with Crippen LogP contribution in [0.1, 0.15) is 15.4 Å². The number of nitrogens with zero attached hydrogens (tertiary/aromatic N) is 1. The van der Waals surface area contributed by atoms with Crippen molar-refractivity contribution in [3.05, 3.63) is 23.2 Å². The van der Waals surface area contributed by atoms with Crippen LogP contribution in [0.25, 0.3) is 0 Å². The van der Waals surface area contributed by atoms with Crippen molar-refractivity contribution in [2.45, 2.75) is 6.92 Å². The Hall–Kier alpha value is -1.41. The Balaban J connectivity index is 2.88. The third-order valence-corrected chi connectivity index (χ3v) is 3.45. The van der Waals surface area contributed by atoms with E-state index in [2.05, 4.69) is 21.6 Å². The fraction of sp³-hybridized carbons (Fsp3) is 0.333. The molecule has 0 saturated heterocycles. The van der Waals surface area contributed by atoms with E-state index in [-0.39, 0.29) is 11.0 Å². The van der Waals surface area contributed by atoms with Crippen molar-refractivity contribution in [2.75, 3.05) is 17.5 Å². The normalized spacial score (nSPS) is 10.9. The Labute approximate surface area is 104 Å². The van der Waals surface area contributed by atoms with Gasteiger partial charge in [0, 0.05) is 6.54 Å². The number of aromatic nitrogens is 1. The lowest BCUT2D eigenvalue weighted by Crippen LogP contribution is -2.22. The molecule has 2 N–H and O–H groups in total. The minimum Gasteiger partial charge on any atom is -0.348 e. The van der Waals surface area contributed by atoms with E-state index in [1.165, 1.54) is 0 Å². The quantitative estimate of drug-likeness (QED) is 0.776. The number of nitrogens with one attached hydrogen (secondary N) is 2. The first-order valence-corrected chi connectivity index (χ1v) is 7.38. The van der Waals surface area contributed by atoms with E-state index >= 15 is 0 Å². The third kappa shape index (κ3) is 4.16. The highest BCUT2D eigenvalue weighted by molar-refractivity contribution is 7.92. The van der Waals surface area contributed by atoms with Crippen LogP contribution in [0.3, 0.4) is 0 Å². The zero-order chi connectivity index (χ0) is 13.1. The first-order chi connectivity index (χ1) is 7.83. The number of aryl methyl sites for hydroxylation is 1. The second-order valence-corrected chi connectivity index (χ2v) is 6.05. The van der Waals surface area contributed by atoms with E-state index in [1.54, 1.807) is 13.0 Å². The fourth-order valence-electron chi connectivity index (χ4n) is 1.05. The van der Waals surface area contributed by atoms with Gasteiger partial charge in [-0.15, -0.1) is 6.58 Å². The number of amides is 1. The number of anilines is 1. The SMILES string of the molecule is C=CCNC(=O)c1sc(NS(C)(=O)=O)nc1C. The molecule has 6 nitrogen and oxygen atoms in total. The van der Waals surface area contributed by atoms with E-state index in [4.69, 9.17) is 0 Å². The van der Waals surface area contributed by atoms with Gasteiger partial charge in [0.05, 0.1) is 11.9 Å². The van der Waals surface area contributed by atoms with Crippen molar-refractivity contribution < 1.29 is 13.2 Å². The standard InChI is InChI=1S/C9H13N3O3S2/c1-4-5-10-8(13)7-6(2)11-9(16-7)12-17(3,14)15/h4H,1,5H2,2-3H3,(H,10,13)(H,11,12). The van der Waals surface area contributed by atoms with Crippen molar-refractivity contribution in [3.8, 4) is 0 Å². The highest BCUT2D eigenvalue weighted by Gasteiger charge is 2.16. The Kier molecular flexibility index (Phi) is 4.24. The van der Waals surface area contributed by atoms with Crippen LogP contribution in [0.4, 0.5) is 5.13 Å². The van der Waals surface area contributed by atoms with Gasteiger partial charge in [0.15, 0.2) is 5.13 Å². The molecule has 0 spiro atoms. The lowest BCUT2D eigenvalue weighted by molar-refractivity contribution is 0.0961. The van der Waals surface area contributed by atoms with Gasteiger partial charge in [-0.2, -0.15) is 0 Å². The van der Waals surface area contributed by atoms with E-state index in [0.29, 0.717) is 17.1 Å². The predicted molar refractivity (Wildman–Crippen MR) is 67.8 cm³/mol. The number of hydrogen-bond donors (Lipinski definition) is 2. The average Bonchev–Trinajstić information content (AvgIpc) is 2.53. The summed E-state index contributed by atoms with van der Waals surface area (Å²) in [7, 11) is -3.37. The lowest BCUT2D eigenvalue weighted by atomic mass is 10.4. The maximum Gasteiger partial charge on any atom is 0.263 e. The summed E-state index contributed by atoms with van der Waals surface area (Å²) in [6, 6.07) is 0. The second kappa shape index (κ2) is 5.28. The van der Waals surface area contributed by atoms with Crippen LogP contribution >= 0.6 is 11.3 Å². The van der Waals surface area contributed by atoms with Gasteiger partial charge in [-0.05, 0) is 6.92 Å². The van der Waals surface area contributed by atoms with Crippen LogP contribution in [-0.4, -0.2) is 32.1 Å². The molecule has 1 heterocycles. The summed E-state index contributed by atoms with van der Waals surface area (Å²) in [6.45, 7) is 5.48. The molecule has 8 heteroatoms. The monoisotopic (exact) mass is 275 g/mol. The topological polar surface area (TPSA) is 88.2 Å². The average molecular weight is 275 g/mol. The van der Waals surface area contributed by atoms with Crippen molar-refractivity contribution >= 4 is 32.4 Å². The first-order valence-electron chi connectivity index (χ1n) is 4.68. The first kappa shape index (κ1) is 13.7. The Bertz CT molecular complexity index is 534. The van der Waals surface area contributed by atoms with Crippen molar-refractivity contribution in [2.24, 2.45) is 0 Å². The minimum absolute atomic E-state index is 0.189. The highest BCUT2D eigenvalue weighted by atomic mass is 32.2. The number of thiazole rings is 1. The Morgan fingerprint density at radius 3 is 2.76 bits per heavy atom. The smallest absolute Gasteiger partial charge is 0.263 e. The third-order valence-electron chi connectivity index (χ3n) is 1.68. The molecule has 1 aromatic rings. The molecule has 17 heavy (non-hydrogen) atoms. The number of carbonyl (C=O) groups excluding carboxylic acids is 1. The second-order valence-electron chi connectivity index (χ2n) is 3.31. The molecular formula is C9H13N3O3S2. The maximum absolute atomic E-state index is 11.6. The van der Waals surface area contributed by atoms with E-state index in [9.17, 15) is 13.2 Å². The summed E-state index contributed by atoms with van der Waals surface area (Å²) >= 11 is 0.997. The van der Waals surface area contributed by atoms with Crippen LogP contribution < -0.4 is 10.0 Å². The zero-order valence-electron chi connectivity index (χ0n) is 9.48. The molecule has 1 rings (SSSR count). The fourth-order valence-corrected chi connectivity index (χ4v) is 2.77. The van der Waals surface area contributed by atoms with Crippen LogP contribution in [0, 0.1) is 6.92 Å². The molecule has 0 saturated carbocycles. The molecule has 0 aliphatic rings. The molecule has 1 amide bonds. The summed E-state index contributed by atoms with van der Waals surface area (Å²) in [5, 5.41) is 2.79. The summed E-state index contributed by atoms with van der Waals surface area (Å²) in [5.74, 6) is -0.290. The van der Waals surface area contributed by atoms with Gasteiger partial charge in [-0.1, -0.05) is 17.4 Å². The van der Waals surface area contributed by atoms with E-state index in [1.807, 2.05) is 0 Å². The zero-order valence-corrected chi connectivity index (χ0v) is 11.1. The lowest BCUT2D eigenvalue weighted by Gasteiger charge is -1.98. The molecule has 0 unspecified atom stereocenters. The van der Waals surface area contributed by atoms with Gasteiger partial charge < -0.3 is 5.32 Å². The molecule has 0 aliphatic heterocycles. The summed E-state index contributed by atoms with van der Waals surface area (Å²) < 4.78 is 24.2. The van der Waals surface area contributed by atoms with Crippen molar-refractivity contribution in [1.29, 1.82) is 0 Å². The van der Waals surface area contributed by atoms with Gasteiger partial charge in [0.1, 0.15) is 4.88 Å². The van der Waals surface area contributed by atoms with E-state index < -0.39 is 10.0 Å². The largest absolute Gasteiger partial charge is 0.348 e. The van der Waals surface area contributed by atoms with Crippen molar-refractivity contribution in [3.63, 3.8) is 0 Å². The number of hydrogen-bond acceptors (Lipinski definition) is 5. The molecule has 94 valence electrons. The van der Waals surface area contributed by atoms with E-state index in [0.717, 1.165) is 17.6 Å². The molecule has 0 atom stereocenters. The molecule has 0 radical (unpaired) electrons. The van der Waals surface area contributed by atoms with Gasteiger partial charge in [0.25, 0.3) is 5.91 Å². The predicted octanol–water partition coefficient (Wildman–Crippen LogP) is 0.739. The minimum atomic E-state index is -3.37. The maximum atomic E-state index is 11.6. The molecule has 0 bridgehead atoms. The molecule has 0 aliphatic carbocycles. The number of sulfonamides is 1. The van der Waals surface area contributed by atoms with Gasteiger partial charge in [0.2, 0.25) is 10.0 Å². The van der Waals surface area contributed by atoms with Gasteiger partial charge in [-0.25, -0.2) is 13.4 Å². The summed E-state index contributed by atoms with van der Waals surface area (Å²) in [5.41, 5.74) is 0.489. The Morgan fingerprint density at radius 2 is 2.24 bits per heavy atom. The van der Waals surface area contributed by atoms with Crippen LogP contribution in [0.2, 0.25) is 0 Å². The van der Waals surface area contributed by atoms with Crippen LogP contribution in [0.5, 0.6) is 0 Å². The molecule has 0 fully saturated rings. The molecular weight excluding hydrogens is 262 g/mol. The van der Waals surface area contributed by atoms with Gasteiger partial charge >= 0.3 is 0 Å². The van der Waals surface area contributed by atoms with Crippen molar-refractivity contribution in [1.82, 2.24) is 10.3 Å². The molecule has 1 aromatic heterocycles. The number of rotatable bonds is 5. The van der Waals surface area contributed by atoms with Gasteiger partial charge in [-0.3, -0.25) is 9.52 Å². The molecule has 0 aromatic carbocycles. The number of carbonyl (C=O) groups is 1. The van der Waals surface area contributed by atoms with Crippen LogP contribution in [0.15, 0.2) is 12.7 Å². The van der Waals surface area contributed by atoms with Crippen LogP contribution in [-0.2, 0) is 10.0 Å². The highest BCUT2D eigenvalue weighted by Crippen LogP contribution is 2.22. The summed E-state index contributed by atoms with van der Waals surface area (Å²) in [4.78, 5) is 16.0.